The van der Waals surface area contributed by atoms with Crippen LogP contribution in [0.3, 0.4) is 0 Å². The number of benzene rings is 1. The molecule has 0 radical (unpaired) electrons. The first-order valence-electron chi connectivity index (χ1n) is 6.58. The van der Waals surface area contributed by atoms with E-state index in [1.54, 1.807) is 23.3 Å². The van der Waals surface area contributed by atoms with Gasteiger partial charge in [-0.15, -0.1) is 11.3 Å². The van der Waals surface area contributed by atoms with Crippen molar-refractivity contribution in [1.82, 2.24) is 9.88 Å². The number of hydrogen-bond acceptors (Lipinski definition) is 5. The van der Waals surface area contributed by atoms with Crippen LogP contribution in [0.1, 0.15) is 5.01 Å². The number of carbonyl (C=O) groups is 1. The number of aromatic nitrogens is 1. The summed E-state index contributed by atoms with van der Waals surface area (Å²) >= 11 is 1.62. The number of nitrogens with two attached hydrogens (primary N) is 1. The zero-order valence-electron chi connectivity index (χ0n) is 11.3. The van der Waals surface area contributed by atoms with Crippen molar-refractivity contribution >= 4 is 27.5 Å². The van der Waals surface area contributed by atoms with E-state index in [0.29, 0.717) is 19.8 Å². The van der Waals surface area contributed by atoms with Gasteiger partial charge in [0.1, 0.15) is 5.01 Å². The molecule has 1 aromatic heterocycles. The molecular weight excluding hydrogens is 274 g/mol. The maximum Gasteiger partial charge on any atom is 0.229 e. The molecule has 106 valence electrons. The number of fused-ring (bicyclic) bond motifs is 1. The van der Waals surface area contributed by atoms with Crippen molar-refractivity contribution < 1.29 is 9.53 Å². The smallest absolute Gasteiger partial charge is 0.229 e. The van der Waals surface area contributed by atoms with E-state index in [2.05, 4.69) is 4.98 Å². The fraction of sp³-hybridized carbons (Fsp3) is 0.429. The van der Waals surface area contributed by atoms with E-state index in [9.17, 15) is 4.79 Å². The molecule has 2 N–H and O–H groups in total. The number of thiazole rings is 1. The number of hydrogen-bond donors (Lipinski definition) is 1. The first-order valence-corrected chi connectivity index (χ1v) is 7.39. The molecule has 0 bridgehead atoms. The third-order valence-corrected chi connectivity index (χ3v) is 4.55. The summed E-state index contributed by atoms with van der Waals surface area (Å²) in [6.45, 7) is 1.40. The molecule has 2 unspecified atom stereocenters. The molecule has 1 aromatic carbocycles. The Morgan fingerprint density at radius 3 is 3.00 bits per heavy atom. The van der Waals surface area contributed by atoms with Crippen molar-refractivity contribution in [3.8, 4) is 0 Å². The topological polar surface area (TPSA) is 68.5 Å². The molecule has 1 amide bonds. The summed E-state index contributed by atoms with van der Waals surface area (Å²) in [5, 5.41) is 0.939. The molecule has 0 spiro atoms. The third-order valence-electron chi connectivity index (χ3n) is 3.53. The molecule has 6 heteroatoms. The van der Waals surface area contributed by atoms with Gasteiger partial charge < -0.3 is 15.4 Å². The highest BCUT2D eigenvalue weighted by molar-refractivity contribution is 7.18. The predicted molar refractivity (Wildman–Crippen MR) is 78.4 cm³/mol. The van der Waals surface area contributed by atoms with Crippen LogP contribution in [-0.4, -0.2) is 42.1 Å². The van der Waals surface area contributed by atoms with Crippen LogP contribution in [0.2, 0.25) is 0 Å². The highest BCUT2D eigenvalue weighted by Gasteiger charge is 2.33. The van der Waals surface area contributed by atoms with Crippen LogP contribution in [0.25, 0.3) is 10.2 Å². The molecule has 3 rings (SSSR count). The average molecular weight is 291 g/mol. The van der Waals surface area contributed by atoms with E-state index in [1.165, 1.54) is 0 Å². The molecule has 2 atom stereocenters. The van der Waals surface area contributed by atoms with Gasteiger partial charge in [-0.25, -0.2) is 4.98 Å². The van der Waals surface area contributed by atoms with E-state index in [1.807, 2.05) is 24.3 Å². The summed E-state index contributed by atoms with van der Waals surface area (Å²) in [6, 6.07) is 7.79. The number of amides is 1. The molecule has 20 heavy (non-hydrogen) atoms. The molecular formula is C14H17N3O2S. The van der Waals surface area contributed by atoms with Gasteiger partial charge in [-0.05, 0) is 12.1 Å². The van der Waals surface area contributed by atoms with Gasteiger partial charge in [0, 0.05) is 13.1 Å². The first kappa shape index (κ1) is 13.5. The summed E-state index contributed by atoms with van der Waals surface area (Å²) in [5.41, 5.74) is 6.87. The van der Waals surface area contributed by atoms with Crippen molar-refractivity contribution in [2.75, 3.05) is 20.3 Å². The summed E-state index contributed by atoms with van der Waals surface area (Å²) in [4.78, 5) is 18.6. The van der Waals surface area contributed by atoms with Gasteiger partial charge in [0.05, 0.1) is 35.9 Å². The zero-order chi connectivity index (χ0) is 14.1. The van der Waals surface area contributed by atoms with Crippen molar-refractivity contribution in [3.05, 3.63) is 29.3 Å². The fourth-order valence-electron chi connectivity index (χ4n) is 2.38. The molecule has 1 saturated heterocycles. The number of nitrogens with zero attached hydrogens (tertiary/aromatic N) is 2. The Morgan fingerprint density at radius 1 is 1.50 bits per heavy atom. The van der Waals surface area contributed by atoms with Gasteiger partial charge >= 0.3 is 0 Å². The minimum Gasteiger partial charge on any atom is -0.379 e. The Bertz CT molecular complexity index is 595. The molecule has 5 nitrogen and oxygen atoms in total. The predicted octanol–water partition coefficient (Wildman–Crippen LogP) is 1.23. The highest BCUT2D eigenvalue weighted by atomic mass is 32.1. The summed E-state index contributed by atoms with van der Waals surface area (Å²) in [7, 11) is 1.79. The Kier molecular flexibility index (Phi) is 3.69. The van der Waals surface area contributed by atoms with Crippen molar-refractivity contribution in [2.24, 2.45) is 11.7 Å². The minimum atomic E-state index is -0.227. The lowest BCUT2D eigenvalue weighted by Gasteiger charge is -2.21. The monoisotopic (exact) mass is 291 g/mol. The van der Waals surface area contributed by atoms with Gasteiger partial charge in [0.25, 0.3) is 0 Å². The Morgan fingerprint density at radius 2 is 2.30 bits per heavy atom. The highest BCUT2D eigenvalue weighted by Crippen LogP contribution is 2.23. The van der Waals surface area contributed by atoms with E-state index in [4.69, 9.17) is 10.5 Å². The number of carbonyl (C=O) groups excluding carboxylic acids is 1. The van der Waals surface area contributed by atoms with E-state index < -0.39 is 0 Å². The number of para-hydroxylation sites is 1. The molecule has 2 aromatic rings. The van der Waals surface area contributed by atoms with Gasteiger partial charge in [-0.3, -0.25) is 4.79 Å². The van der Waals surface area contributed by atoms with Crippen LogP contribution in [0.4, 0.5) is 0 Å². The van der Waals surface area contributed by atoms with E-state index in [0.717, 1.165) is 15.2 Å². The molecule has 2 heterocycles. The lowest BCUT2D eigenvalue weighted by Crippen LogP contribution is -2.41. The fourth-order valence-corrected chi connectivity index (χ4v) is 3.40. The maximum absolute atomic E-state index is 12.3. The zero-order valence-corrected chi connectivity index (χ0v) is 12.1. The van der Waals surface area contributed by atoms with Crippen LogP contribution in [0.15, 0.2) is 24.3 Å². The second-order valence-corrected chi connectivity index (χ2v) is 6.19. The van der Waals surface area contributed by atoms with Crippen LogP contribution in [-0.2, 0) is 16.1 Å². The van der Waals surface area contributed by atoms with Crippen LogP contribution in [0, 0.1) is 5.92 Å². The quantitative estimate of drug-likeness (QED) is 0.923. The SMILES string of the molecule is CN(Cc1nc2ccccc2s1)C(=O)C1COCC1N. The van der Waals surface area contributed by atoms with Crippen molar-refractivity contribution in [1.29, 1.82) is 0 Å². The van der Waals surface area contributed by atoms with Gasteiger partial charge in [0.15, 0.2) is 0 Å². The Labute approximate surface area is 121 Å². The lowest BCUT2D eigenvalue weighted by molar-refractivity contribution is -0.135. The molecule has 0 aliphatic carbocycles. The average Bonchev–Trinajstić information content (AvgIpc) is 3.03. The second kappa shape index (κ2) is 5.47. The van der Waals surface area contributed by atoms with Crippen LogP contribution in [0.5, 0.6) is 0 Å². The number of rotatable bonds is 3. The van der Waals surface area contributed by atoms with Crippen molar-refractivity contribution in [3.63, 3.8) is 0 Å². The lowest BCUT2D eigenvalue weighted by atomic mass is 10.0. The standard InChI is InChI=1S/C14H17N3O2S/c1-17(14(18)9-7-19-8-10(9)15)6-13-16-11-4-2-3-5-12(11)20-13/h2-5,9-10H,6-8,15H2,1H3. The summed E-state index contributed by atoms with van der Waals surface area (Å²) < 4.78 is 6.40. The Balaban J connectivity index is 1.71. The first-order chi connectivity index (χ1) is 9.65. The normalized spacial score (nSPS) is 22.3. The summed E-state index contributed by atoms with van der Waals surface area (Å²) in [5.74, 6) is -0.191. The van der Waals surface area contributed by atoms with Crippen LogP contribution < -0.4 is 5.73 Å². The van der Waals surface area contributed by atoms with Crippen LogP contribution >= 0.6 is 11.3 Å². The second-order valence-electron chi connectivity index (χ2n) is 5.08. The van der Waals surface area contributed by atoms with E-state index >= 15 is 0 Å². The molecule has 1 aliphatic rings. The Hall–Kier alpha value is -1.50. The van der Waals surface area contributed by atoms with Gasteiger partial charge in [-0.2, -0.15) is 0 Å². The van der Waals surface area contributed by atoms with Gasteiger partial charge in [0.2, 0.25) is 5.91 Å². The third kappa shape index (κ3) is 2.54. The molecule has 1 fully saturated rings. The number of ether oxygens (including phenoxy) is 1. The summed E-state index contributed by atoms with van der Waals surface area (Å²) in [6.07, 6.45) is 0. The van der Waals surface area contributed by atoms with E-state index in [-0.39, 0.29) is 17.9 Å². The van der Waals surface area contributed by atoms with Gasteiger partial charge in [-0.1, -0.05) is 12.1 Å². The molecule has 0 saturated carbocycles. The minimum absolute atomic E-state index is 0.0363. The maximum atomic E-state index is 12.3. The van der Waals surface area contributed by atoms with Crippen molar-refractivity contribution in [2.45, 2.75) is 12.6 Å². The largest absolute Gasteiger partial charge is 0.379 e. The molecule has 1 aliphatic heterocycles.